The Balaban J connectivity index is 0.000000605. The van der Waals surface area contributed by atoms with Crippen LogP contribution in [0.15, 0.2) is 11.8 Å². The summed E-state index contributed by atoms with van der Waals surface area (Å²) in [6, 6.07) is 0. The Bertz CT molecular complexity index is 200. The summed E-state index contributed by atoms with van der Waals surface area (Å²) in [5, 5.41) is 0. The molecule has 0 amide bonds. The summed E-state index contributed by atoms with van der Waals surface area (Å²) in [6.45, 7) is 2.13. The first-order valence-electron chi connectivity index (χ1n) is 3.84. The van der Waals surface area contributed by atoms with Gasteiger partial charge in [0.15, 0.2) is 5.78 Å². The molecule has 1 fully saturated rings. The third-order valence-corrected chi connectivity index (χ3v) is 2.22. The zero-order chi connectivity index (χ0) is 6.97. The second-order valence-corrected chi connectivity index (χ2v) is 2.94. The van der Waals surface area contributed by atoms with E-state index in [1.54, 1.807) is 0 Å². The lowest BCUT2D eigenvalue weighted by Gasteiger charge is -2.22. The fourth-order valence-electron chi connectivity index (χ4n) is 1.67. The van der Waals surface area contributed by atoms with E-state index >= 15 is 0 Å². The average molecular weight is 174 g/mol. The molecule has 0 aromatic heterocycles. The molecule has 2 rings (SSSR count). The molecule has 0 spiro atoms. The molecule has 11 heavy (non-hydrogen) atoms. The van der Waals surface area contributed by atoms with Crippen molar-refractivity contribution in [1.29, 1.82) is 0 Å². The van der Waals surface area contributed by atoms with E-state index in [1.165, 1.54) is 18.7 Å². The average Bonchev–Trinajstić information content (AvgIpc) is 2.33. The van der Waals surface area contributed by atoms with E-state index in [1.807, 2.05) is 6.08 Å². The van der Waals surface area contributed by atoms with Gasteiger partial charge in [-0.25, -0.2) is 0 Å². The summed E-state index contributed by atoms with van der Waals surface area (Å²) in [4.78, 5) is 13.2. The Morgan fingerprint density at radius 1 is 1.27 bits per heavy atom. The quantitative estimate of drug-likeness (QED) is 0.552. The molecule has 1 saturated heterocycles. The minimum Gasteiger partial charge on any atom is -0.374 e. The number of ketones is 1. The summed E-state index contributed by atoms with van der Waals surface area (Å²) in [5.41, 5.74) is 1.27. The lowest BCUT2D eigenvalue weighted by Crippen LogP contribution is -2.25. The van der Waals surface area contributed by atoms with Crippen molar-refractivity contribution in [3.05, 3.63) is 11.8 Å². The normalized spacial score (nSPS) is 22.4. The van der Waals surface area contributed by atoms with Crippen molar-refractivity contribution in [2.45, 2.75) is 19.3 Å². The largest absolute Gasteiger partial charge is 0.374 e. The van der Waals surface area contributed by atoms with E-state index < -0.39 is 0 Å². The molecule has 0 aromatic rings. The summed E-state index contributed by atoms with van der Waals surface area (Å²) in [5.74, 6) is 0.313. The van der Waals surface area contributed by atoms with Crippen LogP contribution >= 0.6 is 12.4 Å². The van der Waals surface area contributed by atoms with Gasteiger partial charge in [-0.2, -0.15) is 0 Å². The number of rotatable bonds is 0. The Labute approximate surface area is 72.7 Å². The molecule has 0 N–H and O–H groups in total. The Hall–Kier alpha value is -0.500. The summed E-state index contributed by atoms with van der Waals surface area (Å²) >= 11 is 0. The predicted octanol–water partition coefficient (Wildman–Crippen LogP) is 1.36. The monoisotopic (exact) mass is 173 g/mol. The van der Waals surface area contributed by atoms with Crippen LogP contribution in [0.1, 0.15) is 19.3 Å². The lowest BCUT2D eigenvalue weighted by atomic mass is 10.1. The third kappa shape index (κ3) is 1.56. The number of allylic oxidation sites excluding steroid dienone is 2. The smallest absolute Gasteiger partial charge is 0.159 e. The topological polar surface area (TPSA) is 20.3 Å². The van der Waals surface area contributed by atoms with Gasteiger partial charge in [-0.1, -0.05) is 0 Å². The molecule has 2 nitrogen and oxygen atoms in total. The van der Waals surface area contributed by atoms with Crippen LogP contribution in [0.3, 0.4) is 0 Å². The second kappa shape index (κ2) is 3.26. The van der Waals surface area contributed by atoms with Crippen LogP contribution in [0.25, 0.3) is 0 Å². The fourth-order valence-corrected chi connectivity index (χ4v) is 1.67. The second-order valence-electron chi connectivity index (χ2n) is 2.94. The first-order chi connectivity index (χ1) is 4.86. The van der Waals surface area contributed by atoms with Crippen molar-refractivity contribution in [1.82, 2.24) is 4.90 Å². The fraction of sp³-hybridized carbons (Fsp3) is 0.625. The van der Waals surface area contributed by atoms with E-state index in [-0.39, 0.29) is 12.4 Å². The van der Waals surface area contributed by atoms with Crippen molar-refractivity contribution in [3.63, 3.8) is 0 Å². The summed E-state index contributed by atoms with van der Waals surface area (Å²) < 4.78 is 0. The maximum Gasteiger partial charge on any atom is 0.159 e. The van der Waals surface area contributed by atoms with Crippen LogP contribution in [-0.2, 0) is 4.79 Å². The molecular weight excluding hydrogens is 162 g/mol. The van der Waals surface area contributed by atoms with E-state index in [4.69, 9.17) is 0 Å². The molecule has 2 heterocycles. The lowest BCUT2D eigenvalue weighted by molar-refractivity contribution is -0.115. The van der Waals surface area contributed by atoms with Crippen molar-refractivity contribution in [2.24, 2.45) is 0 Å². The zero-order valence-electron chi connectivity index (χ0n) is 6.38. The van der Waals surface area contributed by atoms with E-state index in [0.717, 1.165) is 19.4 Å². The molecular formula is C8H12ClNO. The van der Waals surface area contributed by atoms with E-state index in [2.05, 4.69) is 4.90 Å². The van der Waals surface area contributed by atoms with Gasteiger partial charge in [-0.15, -0.1) is 12.4 Å². The van der Waals surface area contributed by atoms with Crippen molar-refractivity contribution in [2.75, 3.05) is 13.1 Å². The van der Waals surface area contributed by atoms with Gasteiger partial charge in [0.1, 0.15) is 0 Å². The third-order valence-electron chi connectivity index (χ3n) is 2.22. The SMILES string of the molecule is Cl.O=C1C=C2CCCN2CC1. The number of carbonyl (C=O) groups is 1. The van der Waals surface area contributed by atoms with Crippen LogP contribution in [0.2, 0.25) is 0 Å². The molecule has 0 unspecified atom stereocenters. The van der Waals surface area contributed by atoms with Crippen LogP contribution in [0.5, 0.6) is 0 Å². The molecule has 0 aliphatic carbocycles. The van der Waals surface area contributed by atoms with Gasteiger partial charge >= 0.3 is 0 Å². The number of hydrogen-bond donors (Lipinski definition) is 0. The number of fused-ring (bicyclic) bond motifs is 1. The Morgan fingerprint density at radius 3 is 2.91 bits per heavy atom. The van der Waals surface area contributed by atoms with Crippen molar-refractivity contribution < 1.29 is 4.79 Å². The van der Waals surface area contributed by atoms with Gasteiger partial charge in [0.25, 0.3) is 0 Å². The van der Waals surface area contributed by atoms with Crippen LogP contribution in [0.4, 0.5) is 0 Å². The Morgan fingerprint density at radius 2 is 2.09 bits per heavy atom. The highest BCUT2D eigenvalue weighted by molar-refractivity contribution is 5.91. The molecule has 0 atom stereocenters. The highest BCUT2D eigenvalue weighted by Crippen LogP contribution is 2.23. The summed E-state index contributed by atoms with van der Waals surface area (Å²) in [7, 11) is 0. The highest BCUT2D eigenvalue weighted by Gasteiger charge is 2.21. The molecule has 0 saturated carbocycles. The molecule has 2 aliphatic rings. The maximum absolute atomic E-state index is 10.9. The van der Waals surface area contributed by atoms with E-state index in [0.29, 0.717) is 5.78 Å². The van der Waals surface area contributed by atoms with Gasteiger partial charge in [0.2, 0.25) is 0 Å². The van der Waals surface area contributed by atoms with Crippen LogP contribution in [0, 0.1) is 0 Å². The number of hydrogen-bond acceptors (Lipinski definition) is 2. The number of halogens is 1. The van der Waals surface area contributed by atoms with Gasteiger partial charge < -0.3 is 4.90 Å². The maximum atomic E-state index is 10.9. The highest BCUT2D eigenvalue weighted by atomic mass is 35.5. The molecule has 0 radical (unpaired) electrons. The van der Waals surface area contributed by atoms with Crippen molar-refractivity contribution in [3.8, 4) is 0 Å². The number of nitrogens with zero attached hydrogens (tertiary/aromatic N) is 1. The van der Waals surface area contributed by atoms with Crippen LogP contribution in [-0.4, -0.2) is 23.8 Å². The van der Waals surface area contributed by atoms with Gasteiger partial charge in [-0.3, -0.25) is 4.79 Å². The molecule has 3 heteroatoms. The first kappa shape index (κ1) is 8.60. The van der Waals surface area contributed by atoms with Gasteiger partial charge in [0.05, 0.1) is 0 Å². The van der Waals surface area contributed by atoms with Crippen molar-refractivity contribution >= 4 is 18.2 Å². The number of carbonyl (C=O) groups excluding carboxylic acids is 1. The van der Waals surface area contributed by atoms with Gasteiger partial charge in [0, 0.05) is 31.3 Å². The molecule has 0 aromatic carbocycles. The molecule has 0 bridgehead atoms. The Kier molecular flexibility index (Phi) is 2.55. The van der Waals surface area contributed by atoms with E-state index in [9.17, 15) is 4.79 Å². The zero-order valence-corrected chi connectivity index (χ0v) is 7.19. The van der Waals surface area contributed by atoms with Crippen LogP contribution < -0.4 is 0 Å². The molecule has 2 aliphatic heterocycles. The van der Waals surface area contributed by atoms with Gasteiger partial charge in [-0.05, 0) is 12.8 Å². The first-order valence-corrected chi connectivity index (χ1v) is 3.84. The predicted molar refractivity (Wildman–Crippen MR) is 45.8 cm³/mol. The minimum atomic E-state index is 0. The minimum absolute atomic E-state index is 0. The summed E-state index contributed by atoms with van der Waals surface area (Å²) in [6.07, 6.45) is 4.89. The molecule has 62 valence electrons. The standard InChI is InChI=1S/C8H11NO.ClH/c10-8-3-5-9-4-1-2-7(9)6-8;/h6H,1-5H2;1H.